The van der Waals surface area contributed by atoms with Gasteiger partial charge in [-0.25, -0.2) is 4.98 Å². The second-order valence-electron chi connectivity index (χ2n) is 4.66. The number of carbonyl (C=O) groups excluding carboxylic acids is 1. The van der Waals surface area contributed by atoms with E-state index in [1.165, 1.54) is 10.9 Å². The maximum atomic E-state index is 12.4. The summed E-state index contributed by atoms with van der Waals surface area (Å²) in [6.45, 7) is 4.57. The van der Waals surface area contributed by atoms with E-state index >= 15 is 0 Å². The van der Waals surface area contributed by atoms with Gasteiger partial charge in [-0.05, 0) is 25.1 Å². The summed E-state index contributed by atoms with van der Waals surface area (Å²) in [5.74, 6) is -0.340. The standard InChI is InChI=1S/C14H16BrN3O2/c1-3-16-13(19)9(2)7-18-8-17-12-5-4-10(15)6-11(12)14(18)20/h4-6,8-9H,3,7H2,1-2H3,(H,16,19). The first kappa shape index (κ1) is 14.7. The van der Waals surface area contributed by atoms with E-state index in [0.29, 0.717) is 24.0 Å². The molecule has 1 N–H and O–H groups in total. The summed E-state index contributed by atoms with van der Waals surface area (Å²) in [4.78, 5) is 28.3. The van der Waals surface area contributed by atoms with E-state index in [2.05, 4.69) is 26.2 Å². The predicted molar refractivity (Wildman–Crippen MR) is 81.6 cm³/mol. The van der Waals surface area contributed by atoms with E-state index < -0.39 is 0 Å². The van der Waals surface area contributed by atoms with E-state index in [4.69, 9.17) is 0 Å². The van der Waals surface area contributed by atoms with Crippen molar-refractivity contribution < 1.29 is 4.79 Å². The van der Waals surface area contributed by atoms with Crippen LogP contribution in [0.2, 0.25) is 0 Å². The number of amides is 1. The molecule has 1 aromatic heterocycles. The summed E-state index contributed by atoms with van der Waals surface area (Å²) in [5, 5.41) is 3.30. The van der Waals surface area contributed by atoms with Gasteiger partial charge in [0.05, 0.1) is 23.1 Å². The third-order valence-electron chi connectivity index (χ3n) is 3.06. The zero-order valence-electron chi connectivity index (χ0n) is 11.4. The van der Waals surface area contributed by atoms with Crippen LogP contribution < -0.4 is 10.9 Å². The molecular weight excluding hydrogens is 322 g/mol. The number of aromatic nitrogens is 2. The maximum absolute atomic E-state index is 12.4. The van der Waals surface area contributed by atoms with Crippen LogP contribution in [0.1, 0.15) is 13.8 Å². The number of hydrogen-bond acceptors (Lipinski definition) is 3. The molecule has 1 unspecified atom stereocenters. The highest BCUT2D eigenvalue weighted by molar-refractivity contribution is 9.10. The van der Waals surface area contributed by atoms with E-state index in [1.54, 1.807) is 19.1 Å². The molecule has 5 nitrogen and oxygen atoms in total. The highest BCUT2D eigenvalue weighted by Gasteiger charge is 2.14. The van der Waals surface area contributed by atoms with Crippen molar-refractivity contribution in [1.29, 1.82) is 0 Å². The van der Waals surface area contributed by atoms with Gasteiger partial charge in [-0.3, -0.25) is 14.2 Å². The van der Waals surface area contributed by atoms with Gasteiger partial charge in [-0.15, -0.1) is 0 Å². The number of benzene rings is 1. The highest BCUT2D eigenvalue weighted by atomic mass is 79.9. The Balaban J connectivity index is 2.34. The normalized spacial score (nSPS) is 12.3. The Bertz CT molecular complexity index is 696. The van der Waals surface area contributed by atoms with Gasteiger partial charge in [0.25, 0.3) is 5.56 Å². The van der Waals surface area contributed by atoms with Crippen molar-refractivity contribution in [3.8, 4) is 0 Å². The summed E-state index contributed by atoms with van der Waals surface area (Å²) >= 11 is 3.35. The number of halogens is 1. The fourth-order valence-corrected chi connectivity index (χ4v) is 2.35. The fraction of sp³-hybridized carbons (Fsp3) is 0.357. The van der Waals surface area contributed by atoms with Gasteiger partial charge in [0.15, 0.2) is 0 Å². The lowest BCUT2D eigenvalue weighted by Crippen LogP contribution is -2.34. The summed E-state index contributed by atoms with van der Waals surface area (Å²) in [6.07, 6.45) is 1.49. The smallest absolute Gasteiger partial charge is 0.261 e. The van der Waals surface area contributed by atoms with Crippen LogP contribution in [0.4, 0.5) is 0 Å². The molecule has 0 spiro atoms. The molecular formula is C14H16BrN3O2. The molecule has 106 valence electrons. The first-order chi connectivity index (χ1) is 9.52. The molecule has 0 fully saturated rings. The number of carbonyl (C=O) groups is 1. The summed E-state index contributed by atoms with van der Waals surface area (Å²) < 4.78 is 2.31. The molecule has 6 heteroatoms. The van der Waals surface area contributed by atoms with Crippen LogP contribution in [0, 0.1) is 5.92 Å². The minimum Gasteiger partial charge on any atom is -0.356 e. The molecule has 2 aromatic rings. The van der Waals surface area contributed by atoms with Gasteiger partial charge >= 0.3 is 0 Å². The number of nitrogens with zero attached hydrogens (tertiary/aromatic N) is 2. The molecule has 20 heavy (non-hydrogen) atoms. The van der Waals surface area contributed by atoms with Crippen molar-refractivity contribution in [2.24, 2.45) is 5.92 Å². The number of rotatable bonds is 4. The van der Waals surface area contributed by atoms with Crippen molar-refractivity contribution >= 4 is 32.7 Å². The lowest BCUT2D eigenvalue weighted by molar-refractivity contribution is -0.124. The third kappa shape index (κ3) is 3.07. The summed E-state index contributed by atoms with van der Waals surface area (Å²) in [6, 6.07) is 5.38. The topological polar surface area (TPSA) is 64.0 Å². The molecule has 1 amide bonds. The molecule has 0 saturated carbocycles. The largest absolute Gasteiger partial charge is 0.356 e. The Labute approximate surface area is 125 Å². The maximum Gasteiger partial charge on any atom is 0.261 e. The molecule has 0 bridgehead atoms. The molecule has 1 atom stereocenters. The molecule has 1 aromatic carbocycles. The van der Waals surface area contributed by atoms with E-state index in [1.807, 2.05) is 13.0 Å². The number of nitrogens with one attached hydrogen (secondary N) is 1. The van der Waals surface area contributed by atoms with E-state index in [9.17, 15) is 9.59 Å². The van der Waals surface area contributed by atoms with Gasteiger partial charge in [0, 0.05) is 17.6 Å². The lowest BCUT2D eigenvalue weighted by atomic mass is 10.1. The Morgan fingerprint density at radius 1 is 1.50 bits per heavy atom. The fourth-order valence-electron chi connectivity index (χ4n) is 1.99. The SMILES string of the molecule is CCNC(=O)C(C)Cn1cnc2ccc(Br)cc2c1=O. The quantitative estimate of drug-likeness (QED) is 0.927. The summed E-state index contributed by atoms with van der Waals surface area (Å²) in [5.41, 5.74) is 0.521. The van der Waals surface area contributed by atoms with Crippen molar-refractivity contribution in [3.05, 3.63) is 39.4 Å². The minimum atomic E-state index is -0.279. The van der Waals surface area contributed by atoms with Crippen molar-refractivity contribution in [2.75, 3.05) is 6.54 Å². The van der Waals surface area contributed by atoms with Crippen LogP contribution in [-0.2, 0) is 11.3 Å². The van der Waals surface area contributed by atoms with Crippen LogP contribution in [0.25, 0.3) is 10.9 Å². The Hall–Kier alpha value is -1.69. The van der Waals surface area contributed by atoms with Gasteiger partial charge in [0.1, 0.15) is 0 Å². The lowest BCUT2D eigenvalue weighted by Gasteiger charge is -2.13. The molecule has 0 aliphatic heterocycles. The minimum absolute atomic E-state index is 0.0614. The second kappa shape index (κ2) is 6.17. The van der Waals surface area contributed by atoms with Gasteiger partial charge in [-0.2, -0.15) is 0 Å². The average Bonchev–Trinajstić information content (AvgIpc) is 2.42. The van der Waals surface area contributed by atoms with Crippen molar-refractivity contribution in [1.82, 2.24) is 14.9 Å². The second-order valence-corrected chi connectivity index (χ2v) is 5.57. The van der Waals surface area contributed by atoms with Crippen LogP contribution >= 0.6 is 15.9 Å². The molecule has 1 heterocycles. The molecule has 0 aliphatic carbocycles. The van der Waals surface area contributed by atoms with E-state index in [0.717, 1.165) is 4.47 Å². The zero-order chi connectivity index (χ0) is 14.7. The number of hydrogen-bond donors (Lipinski definition) is 1. The van der Waals surface area contributed by atoms with Gasteiger partial charge < -0.3 is 5.32 Å². The third-order valence-corrected chi connectivity index (χ3v) is 3.55. The van der Waals surface area contributed by atoms with Crippen LogP contribution in [-0.4, -0.2) is 22.0 Å². The van der Waals surface area contributed by atoms with Crippen LogP contribution in [0.3, 0.4) is 0 Å². The van der Waals surface area contributed by atoms with Crippen molar-refractivity contribution in [2.45, 2.75) is 20.4 Å². The van der Waals surface area contributed by atoms with Crippen LogP contribution in [0.5, 0.6) is 0 Å². The Morgan fingerprint density at radius 2 is 2.25 bits per heavy atom. The zero-order valence-corrected chi connectivity index (χ0v) is 13.0. The number of fused-ring (bicyclic) bond motifs is 1. The highest BCUT2D eigenvalue weighted by Crippen LogP contribution is 2.15. The van der Waals surface area contributed by atoms with Gasteiger partial charge in [0.2, 0.25) is 5.91 Å². The predicted octanol–water partition coefficient (Wildman–Crippen LogP) is 1.93. The Kier molecular flexibility index (Phi) is 4.54. The summed E-state index contributed by atoms with van der Waals surface area (Å²) in [7, 11) is 0. The molecule has 0 radical (unpaired) electrons. The average molecular weight is 338 g/mol. The molecule has 2 rings (SSSR count). The van der Waals surface area contributed by atoms with Crippen LogP contribution in [0.15, 0.2) is 33.8 Å². The molecule has 0 aliphatic rings. The Morgan fingerprint density at radius 3 is 2.95 bits per heavy atom. The van der Waals surface area contributed by atoms with E-state index in [-0.39, 0.29) is 17.4 Å². The first-order valence-electron chi connectivity index (χ1n) is 6.45. The molecule has 0 saturated heterocycles. The van der Waals surface area contributed by atoms with Crippen molar-refractivity contribution in [3.63, 3.8) is 0 Å². The monoisotopic (exact) mass is 337 g/mol. The van der Waals surface area contributed by atoms with Gasteiger partial charge in [-0.1, -0.05) is 22.9 Å². The first-order valence-corrected chi connectivity index (χ1v) is 7.24.